The number of rotatable bonds is 1. The molecule has 0 spiro atoms. The highest BCUT2D eigenvalue weighted by Crippen LogP contribution is 2.26. The Balaban J connectivity index is 1.99. The van der Waals surface area contributed by atoms with Crippen molar-refractivity contribution in [1.29, 1.82) is 0 Å². The quantitative estimate of drug-likeness (QED) is 0.791. The average molecular weight is 275 g/mol. The van der Waals surface area contributed by atoms with Crippen molar-refractivity contribution >= 4 is 11.9 Å². The summed E-state index contributed by atoms with van der Waals surface area (Å²) in [6, 6.07) is 9.73. The summed E-state index contributed by atoms with van der Waals surface area (Å²) in [5.41, 5.74) is 0.498. The molecule has 2 rings (SSSR count). The van der Waals surface area contributed by atoms with E-state index in [1.54, 1.807) is 0 Å². The van der Waals surface area contributed by atoms with Crippen molar-refractivity contribution in [1.82, 2.24) is 4.90 Å². The van der Waals surface area contributed by atoms with Crippen molar-refractivity contribution in [3.05, 3.63) is 35.9 Å². The molecule has 1 heterocycles. The van der Waals surface area contributed by atoms with Gasteiger partial charge in [-0.2, -0.15) is 0 Å². The molecule has 4 heteroatoms. The number of hydrogen-bond donors (Lipinski definition) is 0. The standard InChI is InChI=1S/C16H21NO3/c1-16(2,3)20-15(19)17-10-9-13(14(18)11-17)12-7-5-4-6-8-12/h4-8,13H,9-11H2,1-3H3. The van der Waals surface area contributed by atoms with E-state index in [1.165, 1.54) is 4.90 Å². The van der Waals surface area contributed by atoms with Crippen LogP contribution in [0.1, 0.15) is 38.7 Å². The van der Waals surface area contributed by atoms with Crippen molar-refractivity contribution < 1.29 is 14.3 Å². The summed E-state index contributed by atoms with van der Waals surface area (Å²) < 4.78 is 5.30. The van der Waals surface area contributed by atoms with E-state index < -0.39 is 11.7 Å². The van der Waals surface area contributed by atoms with Crippen molar-refractivity contribution in [2.75, 3.05) is 13.1 Å². The van der Waals surface area contributed by atoms with Gasteiger partial charge in [0.05, 0.1) is 6.54 Å². The molecule has 1 aliphatic heterocycles. The number of nitrogens with zero attached hydrogens (tertiary/aromatic N) is 1. The lowest BCUT2D eigenvalue weighted by molar-refractivity contribution is -0.123. The molecule has 0 radical (unpaired) electrons. The maximum Gasteiger partial charge on any atom is 0.410 e. The second kappa shape index (κ2) is 5.65. The highest BCUT2D eigenvalue weighted by Gasteiger charge is 2.32. The van der Waals surface area contributed by atoms with Crippen LogP contribution in [0.25, 0.3) is 0 Å². The van der Waals surface area contributed by atoms with Crippen LogP contribution in [0.3, 0.4) is 0 Å². The molecule has 0 N–H and O–H groups in total. The van der Waals surface area contributed by atoms with Crippen molar-refractivity contribution in [2.24, 2.45) is 0 Å². The number of ketones is 1. The lowest BCUT2D eigenvalue weighted by atomic mass is 9.88. The first-order valence-corrected chi connectivity index (χ1v) is 6.92. The summed E-state index contributed by atoms with van der Waals surface area (Å²) in [5, 5.41) is 0. The molecular weight excluding hydrogens is 254 g/mol. The van der Waals surface area contributed by atoms with Gasteiger partial charge in [0.2, 0.25) is 0 Å². The number of benzene rings is 1. The third-order valence-electron chi connectivity index (χ3n) is 3.28. The number of carbonyl (C=O) groups is 2. The third kappa shape index (κ3) is 3.59. The molecular formula is C16H21NO3. The number of hydrogen-bond acceptors (Lipinski definition) is 3. The number of likely N-dealkylation sites (tertiary alicyclic amines) is 1. The van der Waals surface area contributed by atoms with E-state index in [0.29, 0.717) is 13.0 Å². The Morgan fingerprint density at radius 1 is 1.25 bits per heavy atom. The number of carbonyl (C=O) groups excluding carboxylic acids is 2. The number of ether oxygens (including phenoxy) is 1. The average Bonchev–Trinajstić information content (AvgIpc) is 2.37. The zero-order valence-corrected chi connectivity index (χ0v) is 12.3. The molecule has 4 nitrogen and oxygen atoms in total. The lowest BCUT2D eigenvalue weighted by Crippen LogP contribution is -2.45. The van der Waals surface area contributed by atoms with E-state index in [2.05, 4.69) is 0 Å². The van der Waals surface area contributed by atoms with Gasteiger partial charge in [-0.15, -0.1) is 0 Å². The summed E-state index contributed by atoms with van der Waals surface area (Å²) in [6.07, 6.45) is 0.250. The maximum atomic E-state index is 12.2. The van der Waals surface area contributed by atoms with Crippen LogP contribution < -0.4 is 0 Å². The van der Waals surface area contributed by atoms with Crippen LogP contribution in [0.15, 0.2) is 30.3 Å². The lowest BCUT2D eigenvalue weighted by Gasteiger charge is -2.32. The van der Waals surface area contributed by atoms with Gasteiger partial charge in [0.1, 0.15) is 5.60 Å². The number of Topliss-reactive ketones (excluding diaryl/α,β-unsaturated/α-hetero) is 1. The summed E-state index contributed by atoms with van der Waals surface area (Å²) in [4.78, 5) is 25.7. The largest absolute Gasteiger partial charge is 0.444 e. The fourth-order valence-electron chi connectivity index (χ4n) is 2.34. The van der Waals surface area contributed by atoms with Gasteiger partial charge < -0.3 is 9.64 Å². The molecule has 1 saturated heterocycles. The Hall–Kier alpha value is -1.84. The molecule has 0 bridgehead atoms. The monoisotopic (exact) mass is 275 g/mol. The van der Waals surface area contributed by atoms with Crippen molar-refractivity contribution in [2.45, 2.75) is 38.7 Å². The minimum absolute atomic E-state index is 0.0771. The minimum atomic E-state index is -0.531. The SMILES string of the molecule is CC(C)(C)OC(=O)N1CCC(c2ccccc2)C(=O)C1. The van der Waals surface area contributed by atoms with Crippen LogP contribution in [0.4, 0.5) is 4.79 Å². The van der Waals surface area contributed by atoms with Crippen molar-refractivity contribution in [3.8, 4) is 0 Å². The first-order chi connectivity index (χ1) is 9.37. The highest BCUT2D eigenvalue weighted by molar-refractivity contribution is 5.90. The smallest absolute Gasteiger partial charge is 0.410 e. The number of amides is 1. The van der Waals surface area contributed by atoms with Crippen molar-refractivity contribution in [3.63, 3.8) is 0 Å². The minimum Gasteiger partial charge on any atom is -0.444 e. The third-order valence-corrected chi connectivity index (χ3v) is 3.28. The zero-order valence-electron chi connectivity index (χ0n) is 12.3. The molecule has 0 aliphatic carbocycles. The van der Waals surface area contributed by atoms with Gasteiger partial charge in [0, 0.05) is 12.5 Å². The molecule has 1 fully saturated rings. The summed E-state index contributed by atoms with van der Waals surface area (Å²) in [7, 11) is 0. The van der Waals surface area contributed by atoms with Gasteiger partial charge in [-0.05, 0) is 32.8 Å². The normalized spacial score (nSPS) is 19.9. The van der Waals surface area contributed by atoms with E-state index in [0.717, 1.165) is 5.56 Å². The summed E-state index contributed by atoms with van der Waals surface area (Å²) in [5.74, 6) is -0.0248. The Morgan fingerprint density at radius 2 is 1.90 bits per heavy atom. The van der Waals surface area contributed by atoms with E-state index in [4.69, 9.17) is 4.74 Å². The highest BCUT2D eigenvalue weighted by atomic mass is 16.6. The molecule has 1 aromatic carbocycles. The van der Waals surface area contributed by atoms with Gasteiger partial charge in [-0.1, -0.05) is 30.3 Å². The fourth-order valence-corrected chi connectivity index (χ4v) is 2.34. The van der Waals surface area contributed by atoms with Crippen LogP contribution in [-0.4, -0.2) is 35.5 Å². The second-order valence-corrected chi connectivity index (χ2v) is 6.12. The molecule has 1 unspecified atom stereocenters. The predicted molar refractivity (Wildman–Crippen MR) is 76.6 cm³/mol. The topological polar surface area (TPSA) is 46.6 Å². The van der Waals surface area contributed by atoms with Crippen LogP contribution in [0.5, 0.6) is 0 Å². The molecule has 0 saturated carbocycles. The Bertz CT molecular complexity index is 490. The molecule has 1 aliphatic rings. The predicted octanol–water partition coefficient (Wildman–Crippen LogP) is 2.98. The molecule has 1 atom stereocenters. The molecule has 1 aromatic rings. The van der Waals surface area contributed by atoms with Crippen LogP contribution in [0, 0.1) is 0 Å². The first kappa shape index (κ1) is 14.6. The second-order valence-electron chi connectivity index (χ2n) is 6.12. The molecule has 20 heavy (non-hydrogen) atoms. The Morgan fingerprint density at radius 3 is 2.45 bits per heavy atom. The first-order valence-electron chi connectivity index (χ1n) is 6.92. The maximum absolute atomic E-state index is 12.2. The van der Waals surface area contributed by atoms with Gasteiger partial charge in [0.15, 0.2) is 5.78 Å². The summed E-state index contributed by atoms with van der Waals surface area (Å²) >= 11 is 0. The summed E-state index contributed by atoms with van der Waals surface area (Å²) in [6.45, 7) is 6.16. The van der Waals surface area contributed by atoms with E-state index in [9.17, 15) is 9.59 Å². The number of piperidine rings is 1. The molecule has 0 aromatic heterocycles. The Kier molecular flexibility index (Phi) is 4.12. The van der Waals surface area contributed by atoms with E-state index >= 15 is 0 Å². The molecule has 108 valence electrons. The van der Waals surface area contributed by atoms with E-state index in [-0.39, 0.29) is 18.2 Å². The van der Waals surface area contributed by atoms with Gasteiger partial charge >= 0.3 is 6.09 Å². The molecule has 1 amide bonds. The van der Waals surface area contributed by atoms with Gasteiger partial charge in [-0.3, -0.25) is 4.79 Å². The van der Waals surface area contributed by atoms with Crippen LogP contribution in [-0.2, 0) is 9.53 Å². The van der Waals surface area contributed by atoms with Crippen LogP contribution in [0.2, 0.25) is 0 Å². The van der Waals surface area contributed by atoms with Crippen LogP contribution >= 0.6 is 0 Å². The van der Waals surface area contributed by atoms with E-state index in [1.807, 2.05) is 51.1 Å². The fraction of sp³-hybridized carbons (Fsp3) is 0.500. The van der Waals surface area contributed by atoms with Gasteiger partial charge in [0.25, 0.3) is 0 Å². The van der Waals surface area contributed by atoms with Gasteiger partial charge in [-0.25, -0.2) is 4.79 Å². The Labute approximate surface area is 119 Å². The zero-order chi connectivity index (χ0) is 14.8.